The molecule has 1 aromatic rings. The summed E-state index contributed by atoms with van der Waals surface area (Å²) in [5, 5.41) is 9.43. The molecule has 0 atom stereocenters. The number of phenolic OH excluding ortho intramolecular Hbond substituents is 1. The van der Waals surface area contributed by atoms with Crippen LogP contribution >= 0.6 is 31.9 Å². The Balaban J connectivity index is 3.24. The lowest BCUT2D eigenvalue weighted by molar-refractivity contribution is 0.471. The second-order valence-electron chi connectivity index (χ2n) is 2.03. The normalized spacial score (nSPS) is 10.1. The molecule has 1 aromatic carbocycles. The Kier molecular flexibility index (Phi) is 2.90. The molecule has 0 aliphatic heterocycles. The molecular weight excluding hydrogens is 279 g/mol. The van der Waals surface area contributed by atoms with Gasteiger partial charge in [-0.2, -0.15) is 0 Å². The van der Waals surface area contributed by atoms with Gasteiger partial charge < -0.3 is 5.11 Å². The zero-order chi connectivity index (χ0) is 8.43. The Hall–Kier alpha value is -0.0900. The van der Waals surface area contributed by atoms with Gasteiger partial charge in [0.1, 0.15) is 11.6 Å². The van der Waals surface area contributed by atoms with E-state index in [9.17, 15) is 4.39 Å². The monoisotopic (exact) mass is 282 g/mol. The van der Waals surface area contributed by atoms with E-state index < -0.39 is 0 Å². The maximum absolute atomic E-state index is 13.0. The van der Waals surface area contributed by atoms with Gasteiger partial charge in [-0.05, 0) is 28.1 Å². The minimum absolute atomic E-state index is 0.0627. The predicted octanol–water partition coefficient (Wildman–Crippen LogP) is 3.19. The van der Waals surface area contributed by atoms with Gasteiger partial charge >= 0.3 is 0 Å². The lowest BCUT2D eigenvalue weighted by Gasteiger charge is -2.01. The van der Waals surface area contributed by atoms with E-state index in [0.29, 0.717) is 10.9 Å². The van der Waals surface area contributed by atoms with Crippen LogP contribution in [0.4, 0.5) is 4.39 Å². The summed E-state index contributed by atoms with van der Waals surface area (Å²) in [6, 6.07) is 2.70. The number of aromatic hydroxyl groups is 1. The van der Waals surface area contributed by atoms with Crippen molar-refractivity contribution in [2.24, 2.45) is 0 Å². The van der Waals surface area contributed by atoms with Gasteiger partial charge in [0, 0.05) is 10.9 Å². The van der Waals surface area contributed by atoms with Gasteiger partial charge in [0.25, 0.3) is 0 Å². The van der Waals surface area contributed by atoms with Gasteiger partial charge in [0.2, 0.25) is 0 Å². The van der Waals surface area contributed by atoms with Crippen molar-refractivity contribution in [1.82, 2.24) is 0 Å². The third kappa shape index (κ3) is 1.93. The highest BCUT2D eigenvalue weighted by Gasteiger charge is 2.06. The molecule has 0 heterocycles. The molecule has 0 unspecified atom stereocenters. The predicted molar refractivity (Wildman–Crippen MR) is 48.4 cm³/mol. The Bertz CT molecular complexity index is 275. The summed E-state index contributed by atoms with van der Waals surface area (Å²) >= 11 is 6.09. The molecule has 0 aliphatic carbocycles. The van der Waals surface area contributed by atoms with Crippen molar-refractivity contribution in [2.45, 2.75) is 5.33 Å². The van der Waals surface area contributed by atoms with E-state index in [4.69, 9.17) is 5.11 Å². The second kappa shape index (κ2) is 3.54. The summed E-state index contributed by atoms with van der Waals surface area (Å²) in [6.45, 7) is 0. The average molecular weight is 284 g/mol. The standard InChI is InChI=1S/C7H5Br2FO/c8-3-4-1-5(11)2-6(9)7(4)10/h1-2,11H,3H2. The minimum atomic E-state index is -0.334. The second-order valence-corrected chi connectivity index (χ2v) is 3.45. The fourth-order valence-electron chi connectivity index (χ4n) is 0.727. The van der Waals surface area contributed by atoms with E-state index in [1.165, 1.54) is 12.1 Å². The fraction of sp³-hybridized carbons (Fsp3) is 0.143. The molecule has 0 saturated carbocycles. The van der Waals surface area contributed by atoms with Gasteiger partial charge in [0.15, 0.2) is 0 Å². The smallest absolute Gasteiger partial charge is 0.141 e. The highest BCUT2D eigenvalue weighted by Crippen LogP contribution is 2.26. The van der Waals surface area contributed by atoms with Crippen LogP contribution in [0, 0.1) is 5.82 Å². The third-order valence-corrected chi connectivity index (χ3v) is 2.41. The molecule has 0 spiro atoms. The zero-order valence-electron chi connectivity index (χ0n) is 5.44. The highest BCUT2D eigenvalue weighted by molar-refractivity contribution is 9.10. The van der Waals surface area contributed by atoms with Crippen LogP contribution in [0.2, 0.25) is 0 Å². The van der Waals surface area contributed by atoms with Crippen LogP contribution in [-0.4, -0.2) is 5.11 Å². The maximum Gasteiger partial charge on any atom is 0.141 e. The lowest BCUT2D eigenvalue weighted by atomic mass is 10.2. The molecule has 11 heavy (non-hydrogen) atoms. The summed E-state index contributed by atoms with van der Waals surface area (Å²) in [6.07, 6.45) is 0. The number of hydrogen-bond acceptors (Lipinski definition) is 1. The van der Waals surface area contributed by atoms with E-state index in [0.717, 1.165) is 0 Å². The molecule has 0 fully saturated rings. The summed E-state index contributed by atoms with van der Waals surface area (Å²) in [5.41, 5.74) is 0.442. The van der Waals surface area contributed by atoms with E-state index in [-0.39, 0.29) is 16.0 Å². The first-order valence-electron chi connectivity index (χ1n) is 2.88. The molecule has 0 aromatic heterocycles. The molecular formula is C7H5Br2FO. The van der Waals surface area contributed by atoms with Crippen molar-refractivity contribution in [3.8, 4) is 5.75 Å². The summed E-state index contributed by atoms with van der Waals surface area (Å²) in [5.74, 6) is -0.271. The van der Waals surface area contributed by atoms with Crippen LogP contribution in [0.1, 0.15) is 5.56 Å². The van der Waals surface area contributed by atoms with Crippen LogP contribution in [0.5, 0.6) is 5.75 Å². The molecule has 1 N–H and O–H groups in total. The average Bonchev–Trinajstić information content (AvgIpc) is 1.96. The maximum atomic E-state index is 13.0. The molecule has 0 aliphatic rings. The van der Waals surface area contributed by atoms with Crippen molar-refractivity contribution in [1.29, 1.82) is 0 Å². The number of halogens is 3. The van der Waals surface area contributed by atoms with Gasteiger partial charge in [-0.25, -0.2) is 4.39 Å². The molecule has 0 saturated heterocycles. The van der Waals surface area contributed by atoms with Crippen LogP contribution in [0.15, 0.2) is 16.6 Å². The van der Waals surface area contributed by atoms with Crippen molar-refractivity contribution < 1.29 is 9.50 Å². The summed E-state index contributed by atoms with van der Waals surface area (Å²) in [7, 11) is 0. The van der Waals surface area contributed by atoms with E-state index >= 15 is 0 Å². The summed E-state index contributed by atoms with van der Waals surface area (Å²) < 4.78 is 13.3. The van der Waals surface area contributed by atoms with Crippen molar-refractivity contribution in [3.05, 3.63) is 28.0 Å². The first-order chi connectivity index (χ1) is 5.15. The molecule has 60 valence electrons. The Labute approximate surface area is 80.5 Å². The minimum Gasteiger partial charge on any atom is -0.508 e. The first-order valence-corrected chi connectivity index (χ1v) is 4.79. The van der Waals surface area contributed by atoms with Gasteiger partial charge in [-0.15, -0.1) is 0 Å². The molecule has 1 nitrogen and oxygen atoms in total. The highest BCUT2D eigenvalue weighted by atomic mass is 79.9. The van der Waals surface area contributed by atoms with Crippen LogP contribution < -0.4 is 0 Å². The zero-order valence-corrected chi connectivity index (χ0v) is 8.61. The van der Waals surface area contributed by atoms with E-state index in [1.54, 1.807) is 0 Å². The number of rotatable bonds is 1. The van der Waals surface area contributed by atoms with Crippen LogP contribution in [-0.2, 0) is 5.33 Å². The molecule has 0 amide bonds. The quantitative estimate of drug-likeness (QED) is 0.785. The van der Waals surface area contributed by atoms with Crippen LogP contribution in [0.3, 0.4) is 0 Å². The van der Waals surface area contributed by atoms with E-state index in [2.05, 4.69) is 31.9 Å². The number of alkyl halides is 1. The molecule has 0 bridgehead atoms. The Morgan fingerprint density at radius 3 is 2.64 bits per heavy atom. The van der Waals surface area contributed by atoms with E-state index in [1.807, 2.05) is 0 Å². The Morgan fingerprint density at radius 1 is 1.45 bits per heavy atom. The van der Waals surface area contributed by atoms with Gasteiger partial charge in [0.05, 0.1) is 4.47 Å². The lowest BCUT2D eigenvalue weighted by Crippen LogP contribution is -1.86. The molecule has 4 heteroatoms. The third-order valence-electron chi connectivity index (χ3n) is 1.23. The van der Waals surface area contributed by atoms with Crippen molar-refractivity contribution >= 4 is 31.9 Å². The molecule has 1 rings (SSSR count). The number of phenols is 1. The van der Waals surface area contributed by atoms with Gasteiger partial charge in [-0.1, -0.05) is 15.9 Å². The molecule has 0 radical (unpaired) electrons. The Morgan fingerprint density at radius 2 is 2.09 bits per heavy atom. The first kappa shape index (κ1) is 9.00. The number of hydrogen-bond donors (Lipinski definition) is 1. The van der Waals surface area contributed by atoms with Gasteiger partial charge in [-0.3, -0.25) is 0 Å². The van der Waals surface area contributed by atoms with Crippen molar-refractivity contribution in [3.63, 3.8) is 0 Å². The fourth-order valence-corrected chi connectivity index (χ4v) is 1.62. The topological polar surface area (TPSA) is 20.2 Å². The number of benzene rings is 1. The van der Waals surface area contributed by atoms with Crippen molar-refractivity contribution in [2.75, 3.05) is 0 Å². The largest absolute Gasteiger partial charge is 0.508 e. The van der Waals surface area contributed by atoms with Crippen LogP contribution in [0.25, 0.3) is 0 Å². The SMILES string of the molecule is Oc1cc(Br)c(F)c(CBr)c1. The summed E-state index contributed by atoms with van der Waals surface area (Å²) in [4.78, 5) is 0.